The van der Waals surface area contributed by atoms with Crippen molar-refractivity contribution in [3.05, 3.63) is 29.8 Å². The molecule has 1 heterocycles. The molecule has 1 fully saturated rings. The summed E-state index contributed by atoms with van der Waals surface area (Å²) < 4.78 is 31.3. The quantitative estimate of drug-likeness (QED) is 0.915. The van der Waals surface area contributed by atoms with Crippen LogP contribution in [0.15, 0.2) is 18.2 Å². The average Bonchev–Trinajstić information content (AvgIpc) is 2.90. The monoisotopic (exact) mass is 284 g/mol. The summed E-state index contributed by atoms with van der Waals surface area (Å²) in [5, 5.41) is 0. The molecule has 1 aliphatic heterocycles. The fraction of sp³-hybridized carbons (Fsp3) is 0.500. The van der Waals surface area contributed by atoms with Crippen molar-refractivity contribution in [1.82, 2.24) is 4.90 Å². The molecule has 1 saturated heterocycles. The molecule has 1 aromatic rings. The van der Waals surface area contributed by atoms with Gasteiger partial charge < -0.3 is 15.4 Å². The van der Waals surface area contributed by atoms with E-state index in [0.29, 0.717) is 13.1 Å². The molecule has 2 N–H and O–H groups in total. The van der Waals surface area contributed by atoms with Crippen molar-refractivity contribution in [2.45, 2.75) is 31.9 Å². The van der Waals surface area contributed by atoms with Crippen LogP contribution >= 0.6 is 0 Å². The standard InChI is InChI=1S/C14H18F2N2O2/c1-9(14(19)18-6-2-3-10(18)8-17)20-11-4-5-12(15)13(16)7-11/h4-5,7,9-10H,2-3,6,8,17H2,1H3/t9-,10-/m0/s1. The fourth-order valence-corrected chi connectivity index (χ4v) is 2.41. The Kier molecular flexibility index (Phi) is 4.54. The van der Waals surface area contributed by atoms with Crippen LogP contribution in [-0.4, -0.2) is 36.0 Å². The first-order chi connectivity index (χ1) is 9.52. The highest BCUT2D eigenvalue weighted by atomic mass is 19.2. The van der Waals surface area contributed by atoms with Crippen LogP contribution in [0.4, 0.5) is 8.78 Å². The van der Waals surface area contributed by atoms with Crippen LogP contribution in [0, 0.1) is 11.6 Å². The molecule has 6 heteroatoms. The maximum Gasteiger partial charge on any atom is 0.263 e. The molecule has 0 aromatic heterocycles. The van der Waals surface area contributed by atoms with Gasteiger partial charge in [-0.2, -0.15) is 0 Å². The number of nitrogens with zero attached hydrogens (tertiary/aromatic N) is 1. The summed E-state index contributed by atoms with van der Waals surface area (Å²) in [7, 11) is 0. The Balaban J connectivity index is 2.02. The molecule has 110 valence electrons. The number of rotatable bonds is 4. The number of hydrogen-bond acceptors (Lipinski definition) is 3. The van der Waals surface area contributed by atoms with Gasteiger partial charge in [0.15, 0.2) is 17.7 Å². The van der Waals surface area contributed by atoms with E-state index < -0.39 is 17.7 Å². The fourth-order valence-electron chi connectivity index (χ4n) is 2.41. The second kappa shape index (κ2) is 6.17. The van der Waals surface area contributed by atoms with Crippen LogP contribution in [0.2, 0.25) is 0 Å². The average molecular weight is 284 g/mol. The van der Waals surface area contributed by atoms with Crippen LogP contribution in [0.25, 0.3) is 0 Å². The molecule has 0 saturated carbocycles. The summed E-state index contributed by atoms with van der Waals surface area (Å²) in [5.74, 6) is -1.99. The molecule has 0 spiro atoms. The number of nitrogens with two attached hydrogens (primary N) is 1. The van der Waals surface area contributed by atoms with Crippen molar-refractivity contribution >= 4 is 5.91 Å². The van der Waals surface area contributed by atoms with Crippen molar-refractivity contribution in [2.24, 2.45) is 5.73 Å². The van der Waals surface area contributed by atoms with Crippen LogP contribution in [0.3, 0.4) is 0 Å². The zero-order valence-electron chi connectivity index (χ0n) is 11.3. The number of amides is 1. The molecule has 2 rings (SSSR count). The Morgan fingerprint density at radius 3 is 2.90 bits per heavy atom. The molecule has 1 amide bonds. The summed E-state index contributed by atoms with van der Waals surface area (Å²) in [6, 6.07) is 3.25. The van der Waals surface area contributed by atoms with Gasteiger partial charge in [0.05, 0.1) is 0 Å². The number of carbonyl (C=O) groups excluding carboxylic acids is 1. The third kappa shape index (κ3) is 3.07. The predicted molar refractivity (Wildman–Crippen MR) is 70.2 cm³/mol. The lowest BCUT2D eigenvalue weighted by molar-refractivity contribution is -0.138. The van der Waals surface area contributed by atoms with Gasteiger partial charge in [-0.25, -0.2) is 8.78 Å². The number of halogens is 2. The highest BCUT2D eigenvalue weighted by Crippen LogP contribution is 2.20. The van der Waals surface area contributed by atoms with E-state index in [2.05, 4.69) is 0 Å². The number of ether oxygens (including phenoxy) is 1. The maximum absolute atomic E-state index is 13.1. The Bertz CT molecular complexity index is 496. The molecular weight excluding hydrogens is 266 g/mol. The SMILES string of the molecule is C[C@H](Oc1ccc(F)c(F)c1)C(=O)N1CCC[C@H]1CN. The highest BCUT2D eigenvalue weighted by molar-refractivity contribution is 5.81. The first-order valence-corrected chi connectivity index (χ1v) is 6.65. The van der Waals surface area contributed by atoms with Gasteiger partial charge in [0.1, 0.15) is 5.75 Å². The van der Waals surface area contributed by atoms with Gasteiger partial charge in [-0.05, 0) is 31.9 Å². The zero-order chi connectivity index (χ0) is 14.7. The summed E-state index contributed by atoms with van der Waals surface area (Å²) in [4.78, 5) is 13.9. The Morgan fingerprint density at radius 1 is 1.50 bits per heavy atom. The molecular formula is C14H18F2N2O2. The van der Waals surface area contributed by atoms with Crippen LogP contribution in [-0.2, 0) is 4.79 Å². The molecule has 0 aliphatic carbocycles. The molecule has 0 bridgehead atoms. The van der Waals surface area contributed by atoms with Crippen molar-refractivity contribution in [3.63, 3.8) is 0 Å². The topological polar surface area (TPSA) is 55.6 Å². The maximum atomic E-state index is 13.1. The predicted octanol–water partition coefficient (Wildman–Crippen LogP) is 1.68. The second-order valence-corrected chi connectivity index (χ2v) is 4.90. The van der Waals surface area contributed by atoms with E-state index in [4.69, 9.17) is 10.5 Å². The van der Waals surface area contributed by atoms with Crippen LogP contribution < -0.4 is 10.5 Å². The van der Waals surface area contributed by atoms with E-state index in [1.807, 2.05) is 0 Å². The molecule has 4 nitrogen and oxygen atoms in total. The molecule has 0 unspecified atom stereocenters. The highest BCUT2D eigenvalue weighted by Gasteiger charge is 2.31. The molecule has 2 atom stereocenters. The number of hydrogen-bond donors (Lipinski definition) is 1. The van der Waals surface area contributed by atoms with Gasteiger partial charge in [0.2, 0.25) is 0 Å². The van der Waals surface area contributed by atoms with Gasteiger partial charge in [-0.3, -0.25) is 4.79 Å². The molecule has 1 aliphatic rings. The van der Waals surface area contributed by atoms with Crippen LogP contribution in [0.1, 0.15) is 19.8 Å². The van der Waals surface area contributed by atoms with Crippen molar-refractivity contribution < 1.29 is 18.3 Å². The van der Waals surface area contributed by atoms with Gasteiger partial charge in [-0.1, -0.05) is 0 Å². The third-order valence-electron chi connectivity index (χ3n) is 3.48. The lowest BCUT2D eigenvalue weighted by Gasteiger charge is -2.26. The smallest absolute Gasteiger partial charge is 0.263 e. The van der Waals surface area contributed by atoms with Crippen LogP contribution in [0.5, 0.6) is 5.75 Å². The van der Waals surface area contributed by atoms with E-state index in [1.54, 1.807) is 11.8 Å². The van der Waals surface area contributed by atoms with Gasteiger partial charge >= 0.3 is 0 Å². The minimum absolute atomic E-state index is 0.0403. The van der Waals surface area contributed by atoms with E-state index in [1.165, 1.54) is 6.07 Å². The van der Waals surface area contributed by atoms with Crippen molar-refractivity contribution in [1.29, 1.82) is 0 Å². The van der Waals surface area contributed by atoms with E-state index in [9.17, 15) is 13.6 Å². The molecule has 0 radical (unpaired) electrons. The summed E-state index contributed by atoms with van der Waals surface area (Å²) in [6.07, 6.45) is 1.05. The Labute approximate surface area is 116 Å². The van der Waals surface area contributed by atoms with Gasteiger partial charge in [-0.15, -0.1) is 0 Å². The first kappa shape index (κ1) is 14.7. The number of benzene rings is 1. The zero-order valence-corrected chi connectivity index (χ0v) is 11.3. The lowest BCUT2D eigenvalue weighted by Crippen LogP contribution is -2.45. The summed E-state index contributed by atoms with van der Waals surface area (Å²) in [6.45, 7) is 2.67. The van der Waals surface area contributed by atoms with E-state index in [-0.39, 0.29) is 17.7 Å². The normalized spacial score (nSPS) is 20.0. The minimum atomic E-state index is -0.997. The molecule has 20 heavy (non-hydrogen) atoms. The third-order valence-corrected chi connectivity index (χ3v) is 3.48. The summed E-state index contributed by atoms with van der Waals surface area (Å²) in [5.41, 5.74) is 5.63. The van der Waals surface area contributed by atoms with E-state index in [0.717, 1.165) is 25.0 Å². The minimum Gasteiger partial charge on any atom is -0.481 e. The lowest BCUT2D eigenvalue weighted by atomic mass is 10.2. The number of likely N-dealkylation sites (tertiary alicyclic amines) is 1. The Morgan fingerprint density at radius 2 is 2.25 bits per heavy atom. The Hall–Kier alpha value is -1.69. The van der Waals surface area contributed by atoms with Crippen molar-refractivity contribution in [2.75, 3.05) is 13.1 Å². The van der Waals surface area contributed by atoms with Gasteiger partial charge in [0.25, 0.3) is 5.91 Å². The van der Waals surface area contributed by atoms with Gasteiger partial charge in [0, 0.05) is 25.2 Å². The van der Waals surface area contributed by atoms with Crippen molar-refractivity contribution in [3.8, 4) is 5.75 Å². The largest absolute Gasteiger partial charge is 0.481 e. The van der Waals surface area contributed by atoms with E-state index >= 15 is 0 Å². The first-order valence-electron chi connectivity index (χ1n) is 6.65. The summed E-state index contributed by atoms with van der Waals surface area (Å²) >= 11 is 0. The second-order valence-electron chi connectivity index (χ2n) is 4.90. The molecule has 1 aromatic carbocycles. The number of carbonyl (C=O) groups is 1.